The molecule has 0 aliphatic carbocycles. The molecule has 1 unspecified atom stereocenters. The Balaban J connectivity index is 1.33. The average Bonchev–Trinajstić information content (AvgIpc) is 3.56. The van der Waals surface area contributed by atoms with E-state index in [-0.39, 0.29) is 24.4 Å². The van der Waals surface area contributed by atoms with E-state index in [1.54, 1.807) is 6.20 Å². The monoisotopic (exact) mass is 470 g/mol. The number of nitrogens with zero attached hydrogens (tertiary/aromatic N) is 1. The smallest absolute Gasteiger partial charge is 0.128 e. The van der Waals surface area contributed by atoms with Crippen LogP contribution < -0.4 is 0 Å². The summed E-state index contributed by atoms with van der Waals surface area (Å²) in [5.41, 5.74) is 4.18. The maximum atomic E-state index is 6.50. The molecule has 2 heterocycles. The second-order valence-electron chi connectivity index (χ2n) is 8.63. The molecular weight excluding hydrogens is 440 g/mol. The van der Waals surface area contributed by atoms with E-state index in [9.17, 15) is 0 Å². The number of H-pyrrole nitrogens is 1. The van der Waals surface area contributed by atoms with Gasteiger partial charge in [0.05, 0.1) is 32.1 Å². The maximum Gasteiger partial charge on any atom is 0.128 e. The van der Waals surface area contributed by atoms with Crippen LogP contribution >= 0.6 is 0 Å². The highest BCUT2D eigenvalue weighted by Gasteiger charge is 2.47. The Bertz CT molecular complexity index is 1120. The van der Waals surface area contributed by atoms with Gasteiger partial charge >= 0.3 is 0 Å². The molecule has 1 aromatic heterocycles. The maximum absolute atomic E-state index is 6.50. The molecule has 5 rings (SSSR count). The van der Waals surface area contributed by atoms with Gasteiger partial charge in [-0.3, -0.25) is 5.10 Å². The summed E-state index contributed by atoms with van der Waals surface area (Å²) >= 11 is 0. The Morgan fingerprint density at radius 2 is 1.20 bits per heavy atom. The van der Waals surface area contributed by atoms with Crippen LogP contribution in [0, 0.1) is 0 Å². The molecule has 1 saturated heterocycles. The third-order valence-corrected chi connectivity index (χ3v) is 6.10. The van der Waals surface area contributed by atoms with Crippen LogP contribution in [0.15, 0.2) is 103 Å². The fourth-order valence-corrected chi connectivity index (χ4v) is 4.32. The van der Waals surface area contributed by atoms with Gasteiger partial charge in [-0.2, -0.15) is 5.10 Å². The first-order chi connectivity index (χ1) is 17.4. The lowest BCUT2D eigenvalue weighted by Gasteiger charge is -2.25. The van der Waals surface area contributed by atoms with Gasteiger partial charge in [0.1, 0.15) is 24.4 Å². The normalized spacial score (nSPS) is 21.8. The molecule has 4 atom stereocenters. The minimum Gasteiger partial charge on any atom is -0.374 e. The van der Waals surface area contributed by atoms with E-state index < -0.39 is 0 Å². The molecule has 4 aromatic rings. The molecule has 1 N–H and O–H groups in total. The van der Waals surface area contributed by atoms with Crippen LogP contribution in [0.2, 0.25) is 0 Å². The zero-order chi connectivity index (χ0) is 23.7. The van der Waals surface area contributed by atoms with Gasteiger partial charge in [0.2, 0.25) is 0 Å². The van der Waals surface area contributed by atoms with E-state index in [2.05, 4.69) is 46.6 Å². The summed E-state index contributed by atoms with van der Waals surface area (Å²) in [7, 11) is 0. The summed E-state index contributed by atoms with van der Waals surface area (Å²) in [6.07, 6.45) is 0.447. The van der Waals surface area contributed by atoms with Crippen LogP contribution in [0.1, 0.15) is 28.5 Å². The van der Waals surface area contributed by atoms with Crippen molar-refractivity contribution in [2.45, 2.75) is 44.2 Å². The number of nitrogens with one attached hydrogen (secondary N) is 1. The van der Waals surface area contributed by atoms with Gasteiger partial charge in [0.15, 0.2) is 0 Å². The molecule has 3 aromatic carbocycles. The largest absolute Gasteiger partial charge is 0.374 e. The molecule has 180 valence electrons. The number of aromatic nitrogens is 2. The van der Waals surface area contributed by atoms with Crippen molar-refractivity contribution < 1.29 is 18.9 Å². The predicted molar refractivity (Wildman–Crippen MR) is 132 cm³/mol. The minimum atomic E-state index is -0.340. The van der Waals surface area contributed by atoms with Gasteiger partial charge in [-0.25, -0.2) is 0 Å². The zero-order valence-corrected chi connectivity index (χ0v) is 19.5. The standard InChI is InChI=1S/C29H30N2O4/c1-4-10-22(11-5-1)18-32-21-26-28(33-19-23-12-6-2-7-13-23)29(27(35-26)25-16-17-30-31-25)34-20-24-14-8-3-9-15-24/h1-17,26-29H,18-21H2,(H,30,31)/t26-,27?,28-,29+/m1/s1. The number of hydrogen-bond acceptors (Lipinski definition) is 5. The van der Waals surface area contributed by atoms with E-state index in [1.807, 2.05) is 60.7 Å². The molecule has 0 radical (unpaired) electrons. The van der Waals surface area contributed by atoms with Crippen molar-refractivity contribution >= 4 is 0 Å². The predicted octanol–water partition coefficient (Wildman–Crippen LogP) is 5.24. The lowest BCUT2D eigenvalue weighted by atomic mass is 10.0. The molecular formula is C29H30N2O4. The Morgan fingerprint density at radius 3 is 1.74 bits per heavy atom. The van der Waals surface area contributed by atoms with Gasteiger partial charge in [-0.05, 0) is 22.8 Å². The van der Waals surface area contributed by atoms with Crippen molar-refractivity contribution in [3.63, 3.8) is 0 Å². The summed E-state index contributed by atoms with van der Waals surface area (Å²) < 4.78 is 25.5. The summed E-state index contributed by atoms with van der Waals surface area (Å²) in [5, 5.41) is 7.19. The Hall–Kier alpha value is -3.29. The van der Waals surface area contributed by atoms with Crippen molar-refractivity contribution in [1.82, 2.24) is 10.2 Å². The Morgan fingerprint density at radius 1 is 0.657 bits per heavy atom. The van der Waals surface area contributed by atoms with Crippen molar-refractivity contribution in [3.8, 4) is 0 Å². The number of aromatic amines is 1. The van der Waals surface area contributed by atoms with E-state index >= 15 is 0 Å². The fraction of sp³-hybridized carbons (Fsp3) is 0.276. The third kappa shape index (κ3) is 6.24. The first-order valence-electron chi connectivity index (χ1n) is 11.9. The van der Waals surface area contributed by atoms with Crippen molar-refractivity contribution in [1.29, 1.82) is 0 Å². The molecule has 6 nitrogen and oxygen atoms in total. The minimum absolute atomic E-state index is 0.295. The van der Waals surface area contributed by atoms with E-state index in [0.29, 0.717) is 26.4 Å². The highest BCUT2D eigenvalue weighted by Crippen LogP contribution is 2.37. The summed E-state index contributed by atoms with van der Waals surface area (Å²) in [5.74, 6) is 0. The number of rotatable bonds is 11. The van der Waals surface area contributed by atoms with E-state index in [0.717, 1.165) is 22.4 Å². The van der Waals surface area contributed by atoms with Crippen molar-refractivity contribution in [2.75, 3.05) is 6.61 Å². The molecule has 0 bridgehead atoms. The highest BCUT2D eigenvalue weighted by molar-refractivity contribution is 5.16. The Kier molecular flexibility index (Phi) is 7.98. The first-order valence-corrected chi connectivity index (χ1v) is 11.9. The van der Waals surface area contributed by atoms with Crippen molar-refractivity contribution in [2.24, 2.45) is 0 Å². The van der Waals surface area contributed by atoms with Crippen LogP contribution in [0.4, 0.5) is 0 Å². The molecule has 1 aliphatic rings. The zero-order valence-electron chi connectivity index (χ0n) is 19.5. The molecule has 1 fully saturated rings. The number of ether oxygens (including phenoxy) is 4. The fourth-order valence-electron chi connectivity index (χ4n) is 4.32. The second-order valence-corrected chi connectivity index (χ2v) is 8.63. The van der Waals surface area contributed by atoms with Crippen LogP contribution in [0.25, 0.3) is 0 Å². The van der Waals surface area contributed by atoms with Gasteiger partial charge in [0.25, 0.3) is 0 Å². The van der Waals surface area contributed by atoms with Gasteiger partial charge in [-0.15, -0.1) is 0 Å². The summed E-state index contributed by atoms with van der Waals surface area (Å²) in [4.78, 5) is 0. The molecule has 1 aliphatic heterocycles. The van der Waals surface area contributed by atoms with Gasteiger partial charge < -0.3 is 18.9 Å². The summed E-state index contributed by atoms with van der Waals surface area (Å²) in [6.45, 7) is 1.83. The van der Waals surface area contributed by atoms with Crippen molar-refractivity contribution in [3.05, 3.63) is 126 Å². The van der Waals surface area contributed by atoms with Gasteiger partial charge in [-0.1, -0.05) is 91.0 Å². The summed E-state index contributed by atoms with van der Waals surface area (Å²) in [6, 6.07) is 32.3. The SMILES string of the molecule is c1ccc(COC[C@H]2OC(c3ccn[nH]3)[C@H](OCc3ccccc3)[C@@H]2OCc2ccccc2)cc1. The van der Waals surface area contributed by atoms with Crippen LogP contribution in [0.5, 0.6) is 0 Å². The number of benzene rings is 3. The molecule has 0 saturated carbocycles. The average molecular weight is 471 g/mol. The van der Waals surface area contributed by atoms with Crippen LogP contribution in [0.3, 0.4) is 0 Å². The third-order valence-electron chi connectivity index (χ3n) is 6.10. The van der Waals surface area contributed by atoms with Crippen LogP contribution in [-0.4, -0.2) is 35.1 Å². The Labute approximate surface area is 205 Å². The number of hydrogen-bond donors (Lipinski definition) is 1. The second kappa shape index (κ2) is 11.9. The topological polar surface area (TPSA) is 65.6 Å². The van der Waals surface area contributed by atoms with Gasteiger partial charge in [0, 0.05) is 6.20 Å². The molecule has 6 heteroatoms. The lowest BCUT2D eigenvalue weighted by Crippen LogP contribution is -2.37. The van der Waals surface area contributed by atoms with Crippen LogP contribution in [-0.2, 0) is 38.8 Å². The molecule has 0 spiro atoms. The first kappa shape index (κ1) is 23.5. The van der Waals surface area contributed by atoms with E-state index in [4.69, 9.17) is 18.9 Å². The molecule has 0 amide bonds. The quantitative estimate of drug-likeness (QED) is 0.325. The lowest BCUT2D eigenvalue weighted by molar-refractivity contribution is -0.0898. The molecule has 35 heavy (non-hydrogen) atoms. The van der Waals surface area contributed by atoms with E-state index in [1.165, 1.54) is 0 Å². The highest BCUT2D eigenvalue weighted by atomic mass is 16.6.